The van der Waals surface area contributed by atoms with Crippen molar-refractivity contribution in [2.24, 2.45) is 0 Å². The van der Waals surface area contributed by atoms with E-state index < -0.39 is 6.03 Å². The molecule has 0 saturated carbocycles. The maximum absolute atomic E-state index is 12.2. The number of nitrogens with one attached hydrogen (secondary N) is 2. The van der Waals surface area contributed by atoms with E-state index in [0.29, 0.717) is 34.9 Å². The summed E-state index contributed by atoms with van der Waals surface area (Å²) in [5.74, 6) is -0.701. The van der Waals surface area contributed by atoms with Crippen molar-refractivity contribution >= 4 is 35.1 Å². The Bertz CT molecular complexity index is 805. The fourth-order valence-electron chi connectivity index (χ4n) is 2.36. The first-order chi connectivity index (χ1) is 11.6. The molecule has 1 saturated heterocycles. The number of carbonyl (C=O) groups excluding carboxylic acids is 3. The lowest BCUT2D eigenvalue weighted by molar-refractivity contribution is 0.0829. The molecule has 24 heavy (non-hydrogen) atoms. The van der Waals surface area contributed by atoms with Crippen LogP contribution in [0.2, 0.25) is 5.02 Å². The number of benzene rings is 2. The normalized spacial score (nSPS) is 13.5. The van der Waals surface area contributed by atoms with Gasteiger partial charge in [0.25, 0.3) is 11.8 Å². The van der Waals surface area contributed by atoms with Crippen molar-refractivity contribution in [3.63, 3.8) is 0 Å². The van der Waals surface area contributed by atoms with Crippen LogP contribution in [0.3, 0.4) is 0 Å². The Morgan fingerprint density at radius 3 is 2.42 bits per heavy atom. The molecule has 122 valence electrons. The lowest BCUT2D eigenvalue weighted by Crippen LogP contribution is -2.34. The van der Waals surface area contributed by atoms with Gasteiger partial charge in [-0.25, -0.2) is 4.79 Å². The van der Waals surface area contributed by atoms with Crippen molar-refractivity contribution in [2.75, 3.05) is 18.4 Å². The first kappa shape index (κ1) is 16.0. The van der Waals surface area contributed by atoms with Crippen LogP contribution in [-0.4, -0.2) is 35.8 Å². The zero-order valence-corrected chi connectivity index (χ0v) is 13.3. The van der Waals surface area contributed by atoms with E-state index in [1.807, 2.05) is 0 Å². The summed E-state index contributed by atoms with van der Waals surface area (Å²) in [5.41, 5.74) is 1.28. The number of rotatable bonds is 3. The van der Waals surface area contributed by atoms with Crippen molar-refractivity contribution in [1.82, 2.24) is 10.2 Å². The summed E-state index contributed by atoms with van der Waals surface area (Å²) in [6.45, 7) is 0.805. The second-order valence-corrected chi connectivity index (χ2v) is 5.61. The maximum Gasteiger partial charge on any atom is 0.324 e. The van der Waals surface area contributed by atoms with Crippen LogP contribution in [0, 0.1) is 0 Å². The third-order valence-corrected chi connectivity index (χ3v) is 3.94. The van der Waals surface area contributed by atoms with Gasteiger partial charge in [0, 0.05) is 24.3 Å². The minimum absolute atomic E-state index is 0.335. The van der Waals surface area contributed by atoms with E-state index in [-0.39, 0.29) is 11.8 Å². The van der Waals surface area contributed by atoms with Crippen LogP contribution in [0.4, 0.5) is 10.5 Å². The number of amides is 4. The molecule has 3 rings (SSSR count). The van der Waals surface area contributed by atoms with Gasteiger partial charge < -0.3 is 10.6 Å². The van der Waals surface area contributed by atoms with Gasteiger partial charge in [-0.05, 0) is 36.4 Å². The van der Waals surface area contributed by atoms with Crippen LogP contribution in [0.5, 0.6) is 0 Å². The lowest BCUT2D eigenvalue weighted by atomic mass is 10.1. The van der Waals surface area contributed by atoms with Crippen molar-refractivity contribution in [3.05, 3.63) is 64.7 Å². The number of imide groups is 1. The van der Waals surface area contributed by atoms with Crippen LogP contribution in [-0.2, 0) is 0 Å². The van der Waals surface area contributed by atoms with Crippen molar-refractivity contribution in [1.29, 1.82) is 0 Å². The largest absolute Gasteiger partial charge is 0.336 e. The first-order valence-corrected chi connectivity index (χ1v) is 7.70. The molecule has 1 fully saturated rings. The van der Waals surface area contributed by atoms with Crippen molar-refractivity contribution < 1.29 is 14.4 Å². The standard InChI is InChI=1S/C17H14ClN3O3/c18-14-4-2-1-3-13(14)15(22)20-12-7-5-11(6-8-12)16(23)21-10-9-19-17(21)24/h1-8H,9-10H2,(H,19,24)(H,20,22). The highest BCUT2D eigenvalue weighted by atomic mass is 35.5. The smallest absolute Gasteiger partial charge is 0.324 e. The first-order valence-electron chi connectivity index (χ1n) is 7.32. The molecule has 2 N–H and O–H groups in total. The molecule has 0 aromatic heterocycles. The molecule has 7 heteroatoms. The SMILES string of the molecule is O=C(Nc1ccc(C(=O)N2CCNC2=O)cc1)c1ccccc1Cl. The van der Waals surface area contributed by atoms with Gasteiger partial charge in [0.2, 0.25) is 0 Å². The highest BCUT2D eigenvalue weighted by Crippen LogP contribution is 2.18. The third-order valence-electron chi connectivity index (χ3n) is 3.61. The zero-order valence-electron chi connectivity index (χ0n) is 12.6. The quantitative estimate of drug-likeness (QED) is 0.899. The van der Waals surface area contributed by atoms with Gasteiger partial charge in [-0.3, -0.25) is 14.5 Å². The molecule has 0 atom stereocenters. The Hall–Kier alpha value is -2.86. The molecular formula is C17H14ClN3O3. The number of nitrogens with zero attached hydrogens (tertiary/aromatic N) is 1. The number of anilines is 1. The minimum Gasteiger partial charge on any atom is -0.336 e. The van der Waals surface area contributed by atoms with Crippen molar-refractivity contribution in [3.8, 4) is 0 Å². The van der Waals surface area contributed by atoms with E-state index in [9.17, 15) is 14.4 Å². The Morgan fingerprint density at radius 2 is 1.79 bits per heavy atom. The Labute approximate surface area is 143 Å². The number of hydrogen-bond donors (Lipinski definition) is 2. The molecule has 1 aliphatic rings. The predicted octanol–water partition coefficient (Wildman–Crippen LogP) is 2.76. The van der Waals surface area contributed by atoms with Crippen molar-refractivity contribution in [2.45, 2.75) is 0 Å². The molecule has 4 amide bonds. The molecule has 0 radical (unpaired) electrons. The third kappa shape index (κ3) is 3.23. The van der Waals surface area contributed by atoms with Gasteiger partial charge in [-0.1, -0.05) is 23.7 Å². The van der Waals surface area contributed by atoms with E-state index in [1.54, 1.807) is 48.5 Å². The molecule has 0 bridgehead atoms. The fourth-order valence-corrected chi connectivity index (χ4v) is 2.58. The van der Waals surface area contributed by atoms with Crippen LogP contribution >= 0.6 is 11.6 Å². The van der Waals surface area contributed by atoms with Crippen LogP contribution in [0.1, 0.15) is 20.7 Å². The van der Waals surface area contributed by atoms with Crippen LogP contribution < -0.4 is 10.6 Å². The van der Waals surface area contributed by atoms with E-state index >= 15 is 0 Å². The number of urea groups is 1. The maximum atomic E-state index is 12.2. The highest BCUT2D eigenvalue weighted by Gasteiger charge is 2.26. The van der Waals surface area contributed by atoms with E-state index in [0.717, 1.165) is 4.90 Å². The molecular weight excluding hydrogens is 330 g/mol. The Kier molecular flexibility index (Phi) is 4.48. The molecule has 0 unspecified atom stereocenters. The topological polar surface area (TPSA) is 78.5 Å². The molecule has 1 heterocycles. The van der Waals surface area contributed by atoms with Gasteiger partial charge in [0.05, 0.1) is 10.6 Å². The summed E-state index contributed by atoms with van der Waals surface area (Å²) in [7, 11) is 0. The Morgan fingerprint density at radius 1 is 1.08 bits per heavy atom. The summed E-state index contributed by atoms with van der Waals surface area (Å²) in [6.07, 6.45) is 0. The van der Waals surface area contributed by atoms with Gasteiger partial charge in [0.15, 0.2) is 0 Å². The highest BCUT2D eigenvalue weighted by molar-refractivity contribution is 6.34. The fraction of sp³-hybridized carbons (Fsp3) is 0.118. The predicted molar refractivity (Wildman–Crippen MR) is 90.3 cm³/mol. The molecule has 2 aromatic rings. The molecule has 2 aromatic carbocycles. The molecule has 0 aliphatic carbocycles. The second-order valence-electron chi connectivity index (χ2n) is 5.20. The summed E-state index contributed by atoms with van der Waals surface area (Å²) in [6, 6.07) is 12.7. The molecule has 6 nitrogen and oxygen atoms in total. The molecule has 1 aliphatic heterocycles. The van der Waals surface area contributed by atoms with Gasteiger partial charge in [0.1, 0.15) is 0 Å². The number of halogens is 1. The van der Waals surface area contributed by atoms with Gasteiger partial charge in [-0.2, -0.15) is 0 Å². The van der Waals surface area contributed by atoms with E-state index in [2.05, 4.69) is 10.6 Å². The zero-order chi connectivity index (χ0) is 17.1. The van der Waals surface area contributed by atoms with Gasteiger partial charge in [-0.15, -0.1) is 0 Å². The average molecular weight is 344 g/mol. The van der Waals surface area contributed by atoms with Crippen LogP contribution in [0.15, 0.2) is 48.5 Å². The van der Waals surface area contributed by atoms with Gasteiger partial charge >= 0.3 is 6.03 Å². The van der Waals surface area contributed by atoms with Crippen LogP contribution in [0.25, 0.3) is 0 Å². The lowest BCUT2D eigenvalue weighted by Gasteiger charge is -2.12. The summed E-state index contributed by atoms with van der Waals surface area (Å²) in [4.78, 5) is 37.1. The number of hydrogen-bond acceptors (Lipinski definition) is 3. The average Bonchev–Trinajstić information content (AvgIpc) is 3.01. The number of carbonyl (C=O) groups is 3. The monoisotopic (exact) mass is 343 g/mol. The summed E-state index contributed by atoms with van der Waals surface area (Å²) in [5, 5.41) is 5.66. The summed E-state index contributed by atoms with van der Waals surface area (Å²) < 4.78 is 0. The second kappa shape index (κ2) is 6.72. The minimum atomic E-state index is -0.393. The Balaban J connectivity index is 1.71. The summed E-state index contributed by atoms with van der Waals surface area (Å²) >= 11 is 5.99. The molecule has 0 spiro atoms. The van der Waals surface area contributed by atoms with E-state index in [1.165, 1.54) is 0 Å². The van der Waals surface area contributed by atoms with E-state index in [4.69, 9.17) is 11.6 Å².